The minimum Gasteiger partial charge on any atom is -0.381 e. The molecule has 0 aliphatic carbocycles. The molecule has 3 heteroatoms. The third kappa shape index (κ3) is 1.95. The van der Waals surface area contributed by atoms with Crippen LogP contribution >= 0.6 is 0 Å². The van der Waals surface area contributed by atoms with Crippen molar-refractivity contribution in [2.45, 2.75) is 32.6 Å². The molecule has 1 unspecified atom stereocenters. The Hall–Kier alpha value is -1.35. The zero-order chi connectivity index (χ0) is 11.8. The molecule has 1 fully saturated rings. The van der Waals surface area contributed by atoms with Crippen molar-refractivity contribution in [3.63, 3.8) is 0 Å². The van der Waals surface area contributed by atoms with Crippen molar-refractivity contribution in [3.05, 3.63) is 29.1 Å². The highest BCUT2D eigenvalue weighted by Crippen LogP contribution is 2.26. The van der Waals surface area contributed by atoms with Crippen molar-refractivity contribution in [1.29, 1.82) is 0 Å². The van der Waals surface area contributed by atoms with Gasteiger partial charge in [0, 0.05) is 12.5 Å². The number of H-pyrrole nitrogens is 1. The summed E-state index contributed by atoms with van der Waals surface area (Å²) in [7, 11) is 0. The van der Waals surface area contributed by atoms with Crippen LogP contribution < -0.4 is 0 Å². The first-order chi connectivity index (χ1) is 8.24. The number of aryl methyl sites for hydroxylation is 2. The first-order valence-corrected chi connectivity index (χ1v) is 6.28. The number of nitrogens with one attached hydrogen (secondary N) is 1. The predicted molar refractivity (Wildman–Crippen MR) is 68.4 cm³/mol. The summed E-state index contributed by atoms with van der Waals surface area (Å²) in [6.45, 7) is 5.97. The van der Waals surface area contributed by atoms with Gasteiger partial charge in [-0.2, -0.15) is 0 Å². The molecule has 0 bridgehead atoms. The average Bonchev–Trinajstić information content (AvgIpc) is 2.74. The second kappa shape index (κ2) is 4.15. The monoisotopic (exact) mass is 230 g/mol. The Morgan fingerprint density at radius 3 is 2.88 bits per heavy atom. The van der Waals surface area contributed by atoms with Crippen LogP contribution in [0.3, 0.4) is 0 Å². The van der Waals surface area contributed by atoms with Crippen LogP contribution in [0.5, 0.6) is 0 Å². The third-order valence-electron chi connectivity index (χ3n) is 3.66. The summed E-state index contributed by atoms with van der Waals surface area (Å²) >= 11 is 0. The molecule has 1 N–H and O–H groups in total. The fourth-order valence-electron chi connectivity index (χ4n) is 2.44. The van der Waals surface area contributed by atoms with E-state index in [0.29, 0.717) is 5.92 Å². The Morgan fingerprint density at radius 2 is 2.12 bits per heavy atom. The lowest BCUT2D eigenvalue weighted by Crippen LogP contribution is -2.16. The molecule has 0 saturated carbocycles. The van der Waals surface area contributed by atoms with Crippen LogP contribution in [0.4, 0.5) is 0 Å². The van der Waals surface area contributed by atoms with Gasteiger partial charge in [-0.15, -0.1) is 0 Å². The Kier molecular flexibility index (Phi) is 2.63. The Bertz CT molecular complexity index is 499. The van der Waals surface area contributed by atoms with Gasteiger partial charge in [0.2, 0.25) is 0 Å². The van der Waals surface area contributed by atoms with Crippen LogP contribution in [0.15, 0.2) is 12.1 Å². The largest absolute Gasteiger partial charge is 0.381 e. The molecule has 90 valence electrons. The average molecular weight is 230 g/mol. The van der Waals surface area contributed by atoms with Crippen LogP contribution in [0.25, 0.3) is 11.0 Å². The molecule has 1 aliphatic heterocycles. The molecule has 3 rings (SSSR count). The number of nitrogens with zero attached hydrogens (tertiary/aromatic N) is 1. The van der Waals surface area contributed by atoms with E-state index in [9.17, 15) is 0 Å². The summed E-state index contributed by atoms with van der Waals surface area (Å²) in [6, 6.07) is 4.35. The van der Waals surface area contributed by atoms with E-state index in [1.807, 2.05) is 0 Å². The van der Waals surface area contributed by atoms with Gasteiger partial charge in [-0.3, -0.25) is 0 Å². The van der Waals surface area contributed by atoms with Gasteiger partial charge in [-0.25, -0.2) is 4.98 Å². The quantitative estimate of drug-likeness (QED) is 0.817. The molecule has 0 amide bonds. The fourth-order valence-corrected chi connectivity index (χ4v) is 2.44. The molecule has 1 saturated heterocycles. The highest BCUT2D eigenvalue weighted by atomic mass is 16.5. The number of benzene rings is 1. The number of ether oxygens (including phenoxy) is 1. The Morgan fingerprint density at radius 1 is 1.29 bits per heavy atom. The third-order valence-corrected chi connectivity index (χ3v) is 3.66. The van der Waals surface area contributed by atoms with Gasteiger partial charge in [-0.1, -0.05) is 0 Å². The summed E-state index contributed by atoms with van der Waals surface area (Å²) in [4.78, 5) is 8.14. The van der Waals surface area contributed by atoms with Gasteiger partial charge in [-0.05, 0) is 49.9 Å². The summed E-state index contributed by atoms with van der Waals surface area (Å²) in [6.07, 6.45) is 2.32. The second-order valence-corrected chi connectivity index (χ2v) is 4.99. The van der Waals surface area contributed by atoms with E-state index in [2.05, 4.69) is 31.0 Å². The van der Waals surface area contributed by atoms with Crippen LogP contribution in [-0.4, -0.2) is 23.2 Å². The van der Waals surface area contributed by atoms with Crippen molar-refractivity contribution < 1.29 is 4.74 Å². The first-order valence-electron chi connectivity index (χ1n) is 6.28. The first kappa shape index (κ1) is 10.8. The molecule has 0 spiro atoms. The number of hydrogen-bond acceptors (Lipinski definition) is 2. The molecule has 2 aromatic rings. The summed E-state index contributed by atoms with van der Waals surface area (Å²) in [5.74, 6) is 1.53. The van der Waals surface area contributed by atoms with E-state index in [4.69, 9.17) is 9.72 Å². The normalized spacial score (nSPS) is 20.9. The summed E-state index contributed by atoms with van der Waals surface area (Å²) in [5.41, 5.74) is 4.84. The number of aromatic nitrogens is 2. The van der Waals surface area contributed by atoms with E-state index in [1.165, 1.54) is 17.5 Å². The SMILES string of the molecule is Cc1cc2nc(C3CCCOC3)[nH]c2cc1C. The van der Waals surface area contributed by atoms with Crippen molar-refractivity contribution in [2.75, 3.05) is 13.2 Å². The van der Waals surface area contributed by atoms with Gasteiger partial charge >= 0.3 is 0 Å². The van der Waals surface area contributed by atoms with Crippen LogP contribution in [0, 0.1) is 13.8 Å². The van der Waals surface area contributed by atoms with E-state index >= 15 is 0 Å². The maximum Gasteiger partial charge on any atom is 0.112 e. The zero-order valence-corrected chi connectivity index (χ0v) is 10.4. The van der Waals surface area contributed by atoms with Crippen LogP contribution in [0.1, 0.15) is 35.7 Å². The van der Waals surface area contributed by atoms with E-state index < -0.39 is 0 Å². The molecule has 3 nitrogen and oxygen atoms in total. The van der Waals surface area contributed by atoms with Crippen LogP contribution in [-0.2, 0) is 4.74 Å². The molecule has 0 radical (unpaired) electrons. The smallest absolute Gasteiger partial charge is 0.112 e. The van der Waals surface area contributed by atoms with Gasteiger partial charge in [0.15, 0.2) is 0 Å². The van der Waals surface area contributed by atoms with Gasteiger partial charge in [0.05, 0.1) is 17.6 Å². The van der Waals surface area contributed by atoms with E-state index in [0.717, 1.165) is 36.5 Å². The topological polar surface area (TPSA) is 37.9 Å². The number of fused-ring (bicyclic) bond motifs is 1. The number of rotatable bonds is 1. The number of hydrogen-bond donors (Lipinski definition) is 1. The zero-order valence-electron chi connectivity index (χ0n) is 10.4. The number of imidazole rings is 1. The van der Waals surface area contributed by atoms with E-state index in [-0.39, 0.29) is 0 Å². The summed E-state index contributed by atoms with van der Waals surface area (Å²) in [5, 5.41) is 0. The Balaban J connectivity index is 2.00. The lowest BCUT2D eigenvalue weighted by atomic mass is 10.0. The minimum atomic E-state index is 0.441. The lowest BCUT2D eigenvalue weighted by molar-refractivity contribution is 0.0784. The van der Waals surface area contributed by atoms with Crippen molar-refractivity contribution in [1.82, 2.24) is 9.97 Å². The lowest BCUT2D eigenvalue weighted by Gasteiger charge is -2.19. The molecular weight excluding hydrogens is 212 g/mol. The molecule has 1 aromatic carbocycles. The van der Waals surface area contributed by atoms with Crippen molar-refractivity contribution >= 4 is 11.0 Å². The highest BCUT2D eigenvalue weighted by molar-refractivity contribution is 5.77. The van der Waals surface area contributed by atoms with Crippen molar-refractivity contribution in [2.24, 2.45) is 0 Å². The van der Waals surface area contributed by atoms with Gasteiger partial charge in [0.25, 0.3) is 0 Å². The molecular formula is C14H18N2O. The fraction of sp³-hybridized carbons (Fsp3) is 0.500. The van der Waals surface area contributed by atoms with Gasteiger partial charge in [0.1, 0.15) is 5.82 Å². The maximum absolute atomic E-state index is 5.52. The van der Waals surface area contributed by atoms with Crippen LogP contribution in [0.2, 0.25) is 0 Å². The minimum absolute atomic E-state index is 0.441. The molecule has 1 atom stereocenters. The second-order valence-electron chi connectivity index (χ2n) is 4.99. The molecule has 1 aromatic heterocycles. The van der Waals surface area contributed by atoms with Gasteiger partial charge < -0.3 is 9.72 Å². The predicted octanol–water partition coefficient (Wildman–Crippen LogP) is 3.07. The summed E-state index contributed by atoms with van der Waals surface area (Å²) < 4.78 is 5.52. The molecule has 1 aliphatic rings. The van der Waals surface area contributed by atoms with E-state index in [1.54, 1.807) is 0 Å². The maximum atomic E-state index is 5.52. The highest BCUT2D eigenvalue weighted by Gasteiger charge is 2.19. The van der Waals surface area contributed by atoms with Crippen molar-refractivity contribution in [3.8, 4) is 0 Å². The molecule has 17 heavy (non-hydrogen) atoms. The standard InChI is InChI=1S/C14H18N2O/c1-9-6-12-13(7-10(9)2)16-14(15-12)11-4-3-5-17-8-11/h6-7,11H,3-5,8H2,1-2H3,(H,15,16). The number of aromatic amines is 1. The Labute approximate surface area is 101 Å². The molecule has 2 heterocycles.